The molecule has 1 amide bonds. The second-order valence-electron chi connectivity index (χ2n) is 5.18. The Bertz CT molecular complexity index is 573. The van der Waals surface area contributed by atoms with E-state index in [0.717, 1.165) is 0 Å². The van der Waals surface area contributed by atoms with Crippen LogP contribution in [-0.4, -0.2) is 19.9 Å². The van der Waals surface area contributed by atoms with Crippen molar-refractivity contribution in [1.29, 1.82) is 0 Å². The van der Waals surface area contributed by atoms with Crippen molar-refractivity contribution in [2.45, 2.75) is 38.1 Å². The first-order valence-electron chi connectivity index (χ1n) is 5.38. The summed E-state index contributed by atoms with van der Waals surface area (Å²) in [7, 11) is 1.45. The number of nitrogens with one attached hydrogen (secondary N) is 1. The van der Waals surface area contributed by atoms with E-state index in [2.05, 4.69) is 5.32 Å². The van der Waals surface area contributed by atoms with Crippen molar-refractivity contribution >= 4 is 25.6 Å². The highest BCUT2D eigenvalue weighted by atomic mass is 35.7. The first-order valence-corrected chi connectivity index (χ1v) is 7.69. The minimum atomic E-state index is -3.83. The minimum Gasteiger partial charge on any atom is -0.347 e. The van der Waals surface area contributed by atoms with Crippen LogP contribution in [0.3, 0.4) is 0 Å². The molecule has 0 aromatic heterocycles. The van der Waals surface area contributed by atoms with E-state index in [0.29, 0.717) is 5.56 Å². The zero-order chi connectivity index (χ0) is 14.1. The standard InChI is InChI=1S/C12H16ClNO3S/c1-8-5-9(11(15)14-12(2,3)4)7-10(6-8)18(13,16)17/h5-7H,1-4H3,(H,14,15). The van der Waals surface area contributed by atoms with Gasteiger partial charge < -0.3 is 5.32 Å². The van der Waals surface area contributed by atoms with Crippen molar-refractivity contribution in [3.05, 3.63) is 29.3 Å². The number of halogens is 1. The lowest BCUT2D eigenvalue weighted by atomic mass is 10.1. The summed E-state index contributed by atoms with van der Waals surface area (Å²) >= 11 is 0. The molecule has 0 radical (unpaired) electrons. The Labute approximate surface area is 112 Å². The summed E-state index contributed by atoms with van der Waals surface area (Å²) < 4.78 is 22.6. The van der Waals surface area contributed by atoms with Crippen molar-refractivity contribution in [3.8, 4) is 0 Å². The van der Waals surface area contributed by atoms with Gasteiger partial charge in [0.15, 0.2) is 0 Å². The third-order valence-electron chi connectivity index (χ3n) is 2.08. The van der Waals surface area contributed by atoms with Gasteiger partial charge in [-0.3, -0.25) is 4.79 Å². The first kappa shape index (κ1) is 15.0. The summed E-state index contributed by atoms with van der Waals surface area (Å²) in [5.74, 6) is -0.326. The molecule has 1 aromatic carbocycles. The van der Waals surface area contributed by atoms with E-state index in [9.17, 15) is 13.2 Å². The predicted molar refractivity (Wildman–Crippen MR) is 71.4 cm³/mol. The van der Waals surface area contributed by atoms with Gasteiger partial charge in [-0.15, -0.1) is 0 Å². The number of hydrogen-bond acceptors (Lipinski definition) is 3. The van der Waals surface area contributed by atoms with Gasteiger partial charge in [0.25, 0.3) is 15.0 Å². The average molecular weight is 290 g/mol. The number of aryl methyl sites for hydroxylation is 1. The Balaban J connectivity index is 3.19. The maximum atomic E-state index is 11.9. The second kappa shape index (κ2) is 4.90. The molecule has 0 saturated carbocycles. The van der Waals surface area contributed by atoms with Crippen molar-refractivity contribution in [1.82, 2.24) is 5.32 Å². The predicted octanol–water partition coefficient (Wildman–Crippen LogP) is 2.45. The number of hydrogen-bond donors (Lipinski definition) is 1. The maximum Gasteiger partial charge on any atom is 0.261 e. The Kier molecular flexibility index (Phi) is 4.08. The molecule has 0 aliphatic heterocycles. The van der Waals surface area contributed by atoms with Gasteiger partial charge in [0, 0.05) is 21.8 Å². The molecular weight excluding hydrogens is 274 g/mol. The van der Waals surface area contributed by atoms with Gasteiger partial charge in [0.2, 0.25) is 0 Å². The Morgan fingerprint density at radius 2 is 1.78 bits per heavy atom. The highest BCUT2D eigenvalue weighted by molar-refractivity contribution is 8.13. The average Bonchev–Trinajstić information content (AvgIpc) is 2.12. The summed E-state index contributed by atoms with van der Waals surface area (Å²) in [6.45, 7) is 7.25. The molecule has 0 atom stereocenters. The molecular formula is C12H16ClNO3S. The molecule has 0 spiro atoms. The zero-order valence-corrected chi connectivity index (χ0v) is 12.3. The van der Waals surface area contributed by atoms with E-state index in [-0.39, 0.29) is 21.9 Å². The van der Waals surface area contributed by atoms with Gasteiger partial charge in [0.1, 0.15) is 0 Å². The number of carbonyl (C=O) groups excluding carboxylic acids is 1. The molecule has 0 unspecified atom stereocenters. The van der Waals surface area contributed by atoms with E-state index in [1.54, 1.807) is 13.0 Å². The van der Waals surface area contributed by atoms with Crippen LogP contribution in [0.15, 0.2) is 23.1 Å². The normalized spacial score (nSPS) is 12.3. The smallest absolute Gasteiger partial charge is 0.261 e. The van der Waals surface area contributed by atoms with Gasteiger partial charge in [-0.2, -0.15) is 0 Å². The number of carbonyl (C=O) groups is 1. The van der Waals surface area contributed by atoms with Gasteiger partial charge in [0.05, 0.1) is 4.90 Å². The molecule has 18 heavy (non-hydrogen) atoms. The fraction of sp³-hybridized carbons (Fsp3) is 0.417. The lowest BCUT2D eigenvalue weighted by molar-refractivity contribution is 0.0919. The summed E-state index contributed by atoms with van der Waals surface area (Å²) in [5, 5.41) is 2.76. The van der Waals surface area contributed by atoms with E-state index in [4.69, 9.17) is 10.7 Å². The minimum absolute atomic E-state index is 0.0665. The van der Waals surface area contributed by atoms with Crippen LogP contribution in [0.25, 0.3) is 0 Å². The summed E-state index contributed by atoms with van der Waals surface area (Å²) in [4.78, 5) is 11.9. The molecule has 6 heteroatoms. The van der Waals surface area contributed by atoms with Crippen molar-refractivity contribution in [2.24, 2.45) is 0 Å². The van der Waals surface area contributed by atoms with E-state index in [1.807, 2.05) is 20.8 Å². The molecule has 1 aromatic rings. The Hall–Kier alpha value is -1.07. The van der Waals surface area contributed by atoms with Gasteiger partial charge >= 0.3 is 0 Å². The summed E-state index contributed by atoms with van der Waals surface area (Å²) in [6, 6.07) is 4.32. The Morgan fingerprint density at radius 1 is 1.22 bits per heavy atom. The van der Waals surface area contributed by atoms with E-state index >= 15 is 0 Å². The molecule has 0 heterocycles. The third-order valence-corrected chi connectivity index (χ3v) is 3.42. The fourth-order valence-corrected chi connectivity index (χ4v) is 2.29. The third kappa shape index (κ3) is 4.31. The SMILES string of the molecule is Cc1cc(C(=O)NC(C)(C)C)cc(S(=O)(=O)Cl)c1. The van der Waals surface area contributed by atoms with Gasteiger partial charge in [-0.25, -0.2) is 8.42 Å². The van der Waals surface area contributed by atoms with Gasteiger partial charge in [-0.05, 0) is 51.5 Å². The van der Waals surface area contributed by atoms with Crippen LogP contribution in [0.1, 0.15) is 36.7 Å². The number of rotatable bonds is 2. The zero-order valence-electron chi connectivity index (χ0n) is 10.7. The quantitative estimate of drug-likeness (QED) is 0.851. The molecule has 0 aliphatic rings. The van der Waals surface area contributed by atoms with Crippen LogP contribution in [0.5, 0.6) is 0 Å². The molecule has 100 valence electrons. The molecule has 0 saturated heterocycles. The lowest BCUT2D eigenvalue weighted by Gasteiger charge is -2.20. The highest BCUT2D eigenvalue weighted by Crippen LogP contribution is 2.19. The van der Waals surface area contributed by atoms with Crippen molar-refractivity contribution in [2.75, 3.05) is 0 Å². The topological polar surface area (TPSA) is 63.2 Å². The Morgan fingerprint density at radius 3 is 2.22 bits per heavy atom. The fourth-order valence-electron chi connectivity index (χ4n) is 1.43. The van der Waals surface area contributed by atoms with Crippen LogP contribution in [-0.2, 0) is 9.05 Å². The van der Waals surface area contributed by atoms with E-state index < -0.39 is 9.05 Å². The van der Waals surface area contributed by atoms with E-state index in [1.165, 1.54) is 12.1 Å². The number of amides is 1. The molecule has 0 fully saturated rings. The second-order valence-corrected chi connectivity index (χ2v) is 7.74. The summed E-state index contributed by atoms with van der Waals surface area (Å²) in [6.07, 6.45) is 0. The monoisotopic (exact) mass is 289 g/mol. The highest BCUT2D eigenvalue weighted by Gasteiger charge is 2.18. The molecule has 4 nitrogen and oxygen atoms in total. The molecule has 1 N–H and O–H groups in total. The largest absolute Gasteiger partial charge is 0.347 e. The van der Waals surface area contributed by atoms with Crippen LogP contribution in [0.2, 0.25) is 0 Å². The maximum absolute atomic E-state index is 11.9. The summed E-state index contributed by atoms with van der Waals surface area (Å²) in [5.41, 5.74) is 0.556. The van der Waals surface area contributed by atoms with Crippen molar-refractivity contribution in [3.63, 3.8) is 0 Å². The van der Waals surface area contributed by atoms with Crippen LogP contribution in [0, 0.1) is 6.92 Å². The van der Waals surface area contributed by atoms with Crippen LogP contribution < -0.4 is 5.32 Å². The number of benzene rings is 1. The molecule has 0 bridgehead atoms. The van der Waals surface area contributed by atoms with Crippen LogP contribution >= 0.6 is 10.7 Å². The molecule has 0 aliphatic carbocycles. The van der Waals surface area contributed by atoms with Crippen molar-refractivity contribution < 1.29 is 13.2 Å². The lowest BCUT2D eigenvalue weighted by Crippen LogP contribution is -2.40. The van der Waals surface area contributed by atoms with Gasteiger partial charge in [-0.1, -0.05) is 0 Å². The first-order chi connectivity index (χ1) is 7.99. The van der Waals surface area contributed by atoms with Crippen LogP contribution in [0.4, 0.5) is 0 Å². The molecule has 1 rings (SSSR count).